The van der Waals surface area contributed by atoms with E-state index >= 15 is 0 Å². The fraction of sp³-hybridized carbons (Fsp3) is 0.250. The summed E-state index contributed by atoms with van der Waals surface area (Å²) >= 11 is 0. The van der Waals surface area contributed by atoms with Crippen molar-refractivity contribution in [3.05, 3.63) is 95.1 Å². The summed E-state index contributed by atoms with van der Waals surface area (Å²) in [5.74, 6) is 2.48. The van der Waals surface area contributed by atoms with Gasteiger partial charge in [-0.25, -0.2) is 0 Å². The van der Waals surface area contributed by atoms with Crippen LogP contribution in [-0.4, -0.2) is 0 Å². The van der Waals surface area contributed by atoms with Crippen LogP contribution in [0.15, 0.2) is 72.9 Å². The lowest BCUT2D eigenvalue weighted by Gasteiger charge is -2.20. The van der Waals surface area contributed by atoms with Crippen molar-refractivity contribution < 1.29 is 0 Å². The second-order valence-electron chi connectivity index (χ2n) is 7.66. The van der Waals surface area contributed by atoms with Gasteiger partial charge in [-0.2, -0.15) is 0 Å². The third-order valence-electron chi connectivity index (χ3n) is 6.57. The van der Waals surface area contributed by atoms with Gasteiger partial charge in [0.15, 0.2) is 0 Å². The zero-order valence-electron chi connectivity index (χ0n) is 13.7. The van der Waals surface area contributed by atoms with Gasteiger partial charge in [0.05, 0.1) is 0 Å². The average Bonchev–Trinajstić information content (AvgIpc) is 3.21. The van der Waals surface area contributed by atoms with Gasteiger partial charge in [0.25, 0.3) is 0 Å². The van der Waals surface area contributed by atoms with Gasteiger partial charge in [0, 0.05) is 11.8 Å². The van der Waals surface area contributed by atoms with E-state index in [2.05, 4.69) is 72.9 Å². The molecule has 0 saturated heterocycles. The highest BCUT2D eigenvalue weighted by Crippen LogP contribution is 2.53. The fourth-order valence-corrected chi connectivity index (χ4v) is 5.62. The van der Waals surface area contributed by atoms with Gasteiger partial charge in [0.1, 0.15) is 0 Å². The van der Waals surface area contributed by atoms with E-state index in [1.165, 1.54) is 23.6 Å². The Bertz CT molecular complexity index is 902. The molecule has 0 amide bonds. The fourth-order valence-electron chi connectivity index (χ4n) is 5.62. The van der Waals surface area contributed by atoms with Crippen LogP contribution in [0.2, 0.25) is 0 Å². The number of hydrogen-bond donors (Lipinski definition) is 0. The highest BCUT2D eigenvalue weighted by molar-refractivity contribution is 5.94. The summed E-state index contributed by atoms with van der Waals surface area (Å²) in [6.07, 6.45) is 21.1. The van der Waals surface area contributed by atoms with E-state index < -0.39 is 0 Å². The maximum atomic E-state index is 2.43. The maximum Gasteiger partial charge on any atom is 0.00962 e. The zero-order valence-corrected chi connectivity index (χ0v) is 13.7. The molecular formula is C24H20. The Hall–Kier alpha value is -2.34. The highest BCUT2D eigenvalue weighted by Gasteiger charge is 2.40. The smallest absolute Gasteiger partial charge is 0.00962 e. The highest BCUT2D eigenvalue weighted by atomic mass is 14.4. The van der Waals surface area contributed by atoms with Crippen LogP contribution in [-0.2, 0) is 12.8 Å². The molecule has 0 heterocycles. The zero-order chi connectivity index (χ0) is 15.7. The van der Waals surface area contributed by atoms with Crippen LogP contribution in [0.1, 0.15) is 34.1 Å². The van der Waals surface area contributed by atoms with E-state index in [9.17, 15) is 0 Å². The van der Waals surface area contributed by atoms with Crippen LogP contribution < -0.4 is 0 Å². The first kappa shape index (κ1) is 13.0. The molecule has 0 aromatic heterocycles. The molecule has 24 heavy (non-hydrogen) atoms. The predicted molar refractivity (Wildman–Crippen MR) is 100 cm³/mol. The van der Waals surface area contributed by atoms with E-state index in [0.717, 1.165) is 0 Å². The lowest BCUT2D eigenvalue weighted by molar-refractivity contribution is 0.622. The number of allylic oxidation sites excluding steroid dienone is 8. The molecule has 2 aromatic rings. The molecule has 116 valence electrons. The Morgan fingerprint density at radius 1 is 0.583 bits per heavy atom. The molecule has 4 aliphatic rings. The first-order valence-corrected chi connectivity index (χ1v) is 9.18. The van der Waals surface area contributed by atoms with Crippen molar-refractivity contribution in [1.29, 1.82) is 0 Å². The van der Waals surface area contributed by atoms with Gasteiger partial charge in [-0.3, -0.25) is 0 Å². The van der Waals surface area contributed by atoms with Crippen molar-refractivity contribution in [3.63, 3.8) is 0 Å². The van der Waals surface area contributed by atoms with E-state index in [1.54, 1.807) is 22.3 Å². The summed E-state index contributed by atoms with van der Waals surface area (Å²) in [6.45, 7) is 0. The van der Waals surface area contributed by atoms with Gasteiger partial charge in [-0.05, 0) is 57.7 Å². The van der Waals surface area contributed by atoms with Crippen molar-refractivity contribution in [2.24, 2.45) is 11.8 Å². The van der Waals surface area contributed by atoms with Gasteiger partial charge in [-0.1, -0.05) is 72.9 Å². The molecule has 0 aliphatic heterocycles. The molecule has 0 spiro atoms. The van der Waals surface area contributed by atoms with Crippen LogP contribution in [0.25, 0.3) is 10.8 Å². The summed E-state index contributed by atoms with van der Waals surface area (Å²) in [5, 5.41) is 3.00. The molecule has 6 rings (SSSR count). The SMILES string of the molecule is C1=CC2Cc3c4c(c5ccccc5c3C2C=C1)C1C=CC=CC1C4. The van der Waals surface area contributed by atoms with Gasteiger partial charge in [-0.15, -0.1) is 0 Å². The molecular weight excluding hydrogens is 288 g/mol. The van der Waals surface area contributed by atoms with Crippen LogP contribution in [0.5, 0.6) is 0 Å². The molecule has 0 nitrogen and oxygen atoms in total. The molecule has 0 fully saturated rings. The number of fused-ring (bicyclic) bond motifs is 10. The molecule has 2 aromatic carbocycles. The molecule has 0 radical (unpaired) electrons. The van der Waals surface area contributed by atoms with Gasteiger partial charge in [0.2, 0.25) is 0 Å². The third kappa shape index (κ3) is 1.54. The van der Waals surface area contributed by atoms with E-state index in [0.29, 0.717) is 23.7 Å². The first-order valence-electron chi connectivity index (χ1n) is 9.18. The van der Waals surface area contributed by atoms with Crippen molar-refractivity contribution in [1.82, 2.24) is 0 Å². The van der Waals surface area contributed by atoms with Crippen LogP contribution >= 0.6 is 0 Å². The maximum absolute atomic E-state index is 2.43. The van der Waals surface area contributed by atoms with Crippen LogP contribution in [0, 0.1) is 11.8 Å². The Morgan fingerprint density at radius 2 is 1.04 bits per heavy atom. The summed E-state index contributed by atoms with van der Waals surface area (Å²) in [5.41, 5.74) is 6.60. The molecule has 4 aliphatic carbocycles. The second-order valence-corrected chi connectivity index (χ2v) is 7.66. The average molecular weight is 308 g/mol. The monoisotopic (exact) mass is 308 g/mol. The Kier molecular flexibility index (Phi) is 2.49. The molecule has 0 N–H and O–H groups in total. The topological polar surface area (TPSA) is 0 Å². The second kappa shape index (κ2) is 4.60. The summed E-state index contributed by atoms with van der Waals surface area (Å²) in [6, 6.07) is 9.15. The number of rotatable bonds is 0. The minimum atomic E-state index is 0.578. The largest absolute Gasteiger partial charge is 0.0802 e. The normalized spacial score (nSPS) is 31.2. The summed E-state index contributed by atoms with van der Waals surface area (Å²) in [4.78, 5) is 0. The van der Waals surface area contributed by atoms with E-state index in [4.69, 9.17) is 0 Å². The number of benzene rings is 2. The Labute approximate surface area is 142 Å². The van der Waals surface area contributed by atoms with Crippen molar-refractivity contribution in [2.75, 3.05) is 0 Å². The molecule has 0 heteroatoms. The molecule has 4 atom stereocenters. The van der Waals surface area contributed by atoms with Gasteiger partial charge < -0.3 is 0 Å². The van der Waals surface area contributed by atoms with E-state index in [1.807, 2.05) is 0 Å². The third-order valence-corrected chi connectivity index (χ3v) is 6.57. The Morgan fingerprint density at radius 3 is 1.54 bits per heavy atom. The summed E-state index contributed by atoms with van der Waals surface area (Å²) in [7, 11) is 0. The van der Waals surface area contributed by atoms with Crippen molar-refractivity contribution in [3.8, 4) is 0 Å². The van der Waals surface area contributed by atoms with Crippen LogP contribution in [0.4, 0.5) is 0 Å². The van der Waals surface area contributed by atoms with Crippen molar-refractivity contribution in [2.45, 2.75) is 24.7 Å². The minimum Gasteiger partial charge on any atom is -0.0802 e. The van der Waals surface area contributed by atoms with Crippen LogP contribution in [0.3, 0.4) is 0 Å². The standard InChI is InChI=1S/C24H20/c1-3-9-17-15(7-1)13-21-22-14-16-8-2-4-10-18(16)24(22)20-12-6-5-11-19(20)23(17)21/h1-12,15-18H,13-14H2. The first-order chi connectivity index (χ1) is 11.9. The Balaban J connectivity index is 1.71. The lowest BCUT2D eigenvalue weighted by atomic mass is 9.83. The van der Waals surface area contributed by atoms with Crippen molar-refractivity contribution >= 4 is 10.8 Å². The quantitative estimate of drug-likeness (QED) is 0.594. The molecule has 4 unspecified atom stereocenters. The predicted octanol–water partition coefficient (Wildman–Crippen LogP) is 5.60. The van der Waals surface area contributed by atoms with Gasteiger partial charge >= 0.3 is 0 Å². The lowest BCUT2D eigenvalue weighted by Crippen LogP contribution is -2.05. The van der Waals surface area contributed by atoms with E-state index in [-0.39, 0.29) is 0 Å². The summed E-state index contributed by atoms with van der Waals surface area (Å²) < 4.78 is 0. The molecule has 0 bridgehead atoms. The number of hydrogen-bond acceptors (Lipinski definition) is 0. The molecule has 0 saturated carbocycles. The minimum absolute atomic E-state index is 0.578.